The van der Waals surface area contributed by atoms with Crippen LogP contribution in [0.25, 0.3) is 22.2 Å². The number of H-pyrrole nitrogens is 1. The number of hydrogen-bond acceptors (Lipinski definition) is 3. The van der Waals surface area contributed by atoms with Gasteiger partial charge in [0.2, 0.25) is 0 Å². The molecule has 0 aliphatic carbocycles. The van der Waals surface area contributed by atoms with Crippen LogP contribution >= 0.6 is 0 Å². The predicted molar refractivity (Wildman–Crippen MR) is 85.5 cm³/mol. The number of fused-ring (bicyclic) bond motifs is 1. The molecule has 0 bridgehead atoms. The average Bonchev–Trinajstić information content (AvgIpc) is 2.91. The van der Waals surface area contributed by atoms with Crippen molar-refractivity contribution in [1.29, 1.82) is 0 Å². The SMILES string of the molecule is CCc1c(-c2cccnc2)[nH]c2cc(OCCN)ccc12. The van der Waals surface area contributed by atoms with Crippen LogP contribution in [0.5, 0.6) is 5.75 Å². The first-order valence-electron chi connectivity index (χ1n) is 7.21. The Morgan fingerprint density at radius 3 is 2.90 bits per heavy atom. The minimum absolute atomic E-state index is 0.518. The third kappa shape index (κ3) is 2.62. The van der Waals surface area contributed by atoms with Crippen LogP contribution in [0.4, 0.5) is 0 Å². The van der Waals surface area contributed by atoms with E-state index in [1.165, 1.54) is 10.9 Å². The Kier molecular flexibility index (Phi) is 3.88. The molecule has 3 rings (SSSR count). The molecule has 1 aromatic carbocycles. The Hall–Kier alpha value is -2.33. The number of rotatable bonds is 5. The molecule has 3 N–H and O–H groups in total. The molecule has 0 fully saturated rings. The summed E-state index contributed by atoms with van der Waals surface area (Å²) >= 11 is 0. The second-order valence-corrected chi connectivity index (χ2v) is 4.92. The van der Waals surface area contributed by atoms with Crippen LogP contribution in [-0.2, 0) is 6.42 Å². The van der Waals surface area contributed by atoms with E-state index in [0.29, 0.717) is 13.2 Å². The van der Waals surface area contributed by atoms with Crippen molar-refractivity contribution in [2.75, 3.05) is 13.2 Å². The monoisotopic (exact) mass is 281 g/mol. The number of hydrogen-bond donors (Lipinski definition) is 2. The molecule has 2 heterocycles. The first-order chi connectivity index (χ1) is 10.3. The van der Waals surface area contributed by atoms with Gasteiger partial charge in [0.1, 0.15) is 12.4 Å². The molecule has 0 amide bonds. The summed E-state index contributed by atoms with van der Waals surface area (Å²) in [7, 11) is 0. The van der Waals surface area contributed by atoms with Gasteiger partial charge >= 0.3 is 0 Å². The number of pyridine rings is 1. The van der Waals surface area contributed by atoms with Crippen LogP contribution in [0.3, 0.4) is 0 Å². The molecule has 21 heavy (non-hydrogen) atoms. The highest BCUT2D eigenvalue weighted by atomic mass is 16.5. The van der Waals surface area contributed by atoms with Gasteiger partial charge in [0, 0.05) is 41.5 Å². The molecule has 0 aliphatic heterocycles. The second kappa shape index (κ2) is 5.97. The van der Waals surface area contributed by atoms with E-state index in [0.717, 1.165) is 28.9 Å². The molecule has 0 saturated carbocycles. The number of ether oxygens (including phenoxy) is 1. The first-order valence-corrected chi connectivity index (χ1v) is 7.21. The van der Waals surface area contributed by atoms with Crippen molar-refractivity contribution in [2.24, 2.45) is 5.73 Å². The summed E-state index contributed by atoms with van der Waals surface area (Å²) in [5.74, 6) is 0.842. The standard InChI is InChI=1S/C17H19N3O/c1-2-14-15-6-5-13(21-9-7-18)10-16(15)20-17(14)12-4-3-8-19-11-12/h3-6,8,10-11,20H,2,7,9,18H2,1H3. The fourth-order valence-corrected chi connectivity index (χ4v) is 2.63. The maximum Gasteiger partial charge on any atom is 0.121 e. The molecule has 2 aromatic heterocycles. The zero-order valence-electron chi connectivity index (χ0n) is 12.1. The summed E-state index contributed by atoms with van der Waals surface area (Å²) < 4.78 is 5.59. The van der Waals surface area contributed by atoms with Crippen LogP contribution in [0.15, 0.2) is 42.7 Å². The van der Waals surface area contributed by atoms with Gasteiger partial charge < -0.3 is 15.5 Å². The summed E-state index contributed by atoms with van der Waals surface area (Å²) in [6.45, 7) is 3.22. The predicted octanol–water partition coefficient (Wildman–Crippen LogP) is 3.13. The largest absolute Gasteiger partial charge is 0.492 e. The third-order valence-corrected chi connectivity index (χ3v) is 3.57. The number of aromatic amines is 1. The van der Waals surface area contributed by atoms with Crippen LogP contribution in [0, 0.1) is 0 Å². The number of benzene rings is 1. The van der Waals surface area contributed by atoms with Crippen LogP contribution in [-0.4, -0.2) is 23.1 Å². The summed E-state index contributed by atoms with van der Waals surface area (Å²) in [5, 5.41) is 1.23. The maximum atomic E-state index is 5.59. The topological polar surface area (TPSA) is 63.9 Å². The Labute approximate surface area is 124 Å². The van der Waals surface area contributed by atoms with E-state index in [-0.39, 0.29) is 0 Å². The molecule has 4 nitrogen and oxygen atoms in total. The summed E-state index contributed by atoms with van der Waals surface area (Å²) in [6.07, 6.45) is 4.64. The Morgan fingerprint density at radius 1 is 1.29 bits per heavy atom. The number of nitrogens with two attached hydrogens (primary N) is 1. The molecular formula is C17H19N3O. The van der Waals surface area contributed by atoms with Crippen molar-refractivity contribution in [2.45, 2.75) is 13.3 Å². The fourth-order valence-electron chi connectivity index (χ4n) is 2.63. The van der Waals surface area contributed by atoms with Crippen molar-refractivity contribution >= 4 is 10.9 Å². The van der Waals surface area contributed by atoms with Crippen molar-refractivity contribution in [3.63, 3.8) is 0 Å². The maximum absolute atomic E-state index is 5.59. The fraction of sp³-hybridized carbons (Fsp3) is 0.235. The van der Waals surface area contributed by atoms with Gasteiger partial charge in [-0.15, -0.1) is 0 Å². The Balaban J connectivity index is 2.09. The summed E-state index contributed by atoms with van der Waals surface area (Å²) in [4.78, 5) is 7.70. The number of aryl methyl sites for hydroxylation is 1. The lowest BCUT2D eigenvalue weighted by Gasteiger charge is -2.04. The van der Waals surface area contributed by atoms with E-state index in [1.807, 2.05) is 24.4 Å². The van der Waals surface area contributed by atoms with Gasteiger partial charge in [-0.3, -0.25) is 4.98 Å². The molecule has 0 unspecified atom stereocenters. The van der Waals surface area contributed by atoms with Crippen molar-refractivity contribution in [3.8, 4) is 17.0 Å². The molecule has 0 aliphatic rings. The van der Waals surface area contributed by atoms with Gasteiger partial charge in [-0.2, -0.15) is 0 Å². The normalized spacial score (nSPS) is 11.0. The van der Waals surface area contributed by atoms with E-state index in [1.54, 1.807) is 6.20 Å². The highest BCUT2D eigenvalue weighted by Crippen LogP contribution is 2.32. The minimum atomic E-state index is 0.518. The molecule has 0 atom stereocenters. The van der Waals surface area contributed by atoms with Crippen molar-refractivity contribution in [3.05, 3.63) is 48.3 Å². The van der Waals surface area contributed by atoms with Gasteiger partial charge in [0.05, 0.1) is 5.69 Å². The van der Waals surface area contributed by atoms with E-state index in [9.17, 15) is 0 Å². The van der Waals surface area contributed by atoms with Gasteiger partial charge in [0.15, 0.2) is 0 Å². The average molecular weight is 281 g/mol. The zero-order chi connectivity index (χ0) is 14.7. The highest BCUT2D eigenvalue weighted by Gasteiger charge is 2.12. The molecular weight excluding hydrogens is 262 g/mol. The van der Waals surface area contributed by atoms with Gasteiger partial charge in [-0.05, 0) is 36.2 Å². The quantitative estimate of drug-likeness (QED) is 0.755. The lowest BCUT2D eigenvalue weighted by Crippen LogP contribution is -2.10. The van der Waals surface area contributed by atoms with Crippen molar-refractivity contribution in [1.82, 2.24) is 9.97 Å². The molecule has 4 heteroatoms. The van der Waals surface area contributed by atoms with Crippen LogP contribution in [0.1, 0.15) is 12.5 Å². The molecule has 0 spiro atoms. The Morgan fingerprint density at radius 2 is 2.19 bits per heavy atom. The van der Waals surface area contributed by atoms with Gasteiger partial charge in [-0.25, -0.2) is 0 Å². The molecule has 3 aromatic rings. The van der Waals surface area contributed by atoms with E-state index >= 15 is 0 Å². The highest BCUT2D eigenvalue weighted by molar-refractivity contribution is 5.91. The summed E-state index contributed by atoms with van der Waals surface area (Å²) in [5.41, 5.74) is 10.1. The molecule has 108 valence electrons. The van der Waals surface area contributed by atoms with E-state index in [4.69, 9.17) is 10.5 Å². The number of nitrogens with zero attached hydrogens (tertiary/aromatic N) is 1. The number of nitrogens with one attached hydrogen (secondary N) is 1. The van der Waals surface area contributed by atoms with Gasteiger partial charge in [-0.1, -0.05) is 6.92 Å². The van der Waals surface area contributed by atoms with E-state index in [2.05, 4.69) is 29.0 Å². The van der Waals surface area contributed by atoms with Crippen LogP contribution < -0.4 is 10.5 Å². The number of aromatic nitrogens is 2. The van der Waals surface area contributed by atoms with Crippen molar-refractivity contribution < 1.29 is 4.74 Å². The smallest absolute Gasteiger partial charge is 0.121 e. The van der Waals surface area contributed by atoms with E-state index < -0.39 is 0 Å². The first kappa shape index (κ1) is 13.6. The van der Waals surface area contributed by atoms with Crippen LogP contribution in [0.2, 0.25) is 0 Å². The molecule has 0 radical (unpaired) electrons. The Bertz CT molecular complexity index is 734. The lowest BCUT2D eigenvalue weighted by atomic mass is 10.0. The lowest BCUT2D eigenvalue weighted by molar-refractivity contribution is 0.329. The second-order valence-electron chi connectivity index (χ2n) is 4.92. The minimum Gasteiger partial charge on any atom is -0.492 e. The third-order valence-electron chi connectivity index (χ3n) is 3.57. The zero-order valence-corrected chi connectivity index (χ0v) is 12.1. The molecule has 0 saturated heterocycles. The summed E-state index contributed by atoms with van der Waals surface area (Å²) in [6, 6.07) is 10.2. The van der Waals surface area contributed by atoms with Gasteiger partial charge in [0.25, 0.3) is 0 Å².